The minimum Gasteiger partial charge on any atom is -0.493 e. The van der Waals surface area contributed by atoms with Crippen LogP contribution in [-0.4, -0.2) is 45.9 Å². The summed E-state index contributed by atoms with van der Waals surface area (Å²) in [5, 5.41) is 13.6. The molecule has 1 N–H and O–H groups in total. The van der Waals surface area contributed by atoms with Crippen molar-refractivity contribution in [3.63, 3.8) is 0 Å². The first-order valence-corrected chi connectivity index (χ1v) is 11.2. The fourth-order valence-electron chi connectivity index (χ4n) is 2.78. The summed E-state index contributed by atoms with van der Waals surface area (Å²) in [4.78, 5) is 12.2. The molecule has 168 valence electrons. The molecular formula is C22H24ClN5O3S. The molecule has 1 amide bonds. The van der Waals surface area contributed by atoms with E-state index in [0.29, 0.717) is 27.5 Å². The SMILES string of the molecule is COc1cc(/C=N/NC(=O)CSc2nnc(-c3cccc(Cl)c3)n2C)ccc1OC(C)C. The highest BCUT2D eigenvalue weighted by atomic mass is 35.5. The zero-order chi connectivity index (χ0) is 23.1. The molecule has 0 unspecified atom stereocenters. The van der Waals surface area contributed by atoms with Crippen LogP contribution in [0.2, 0.25) is 5.02 Å². The van der Waals surface area contributed by atoms with Gasteiger partial charge >= 0.3 is 0 Å². The summed E-state index contributed by atoms with van der Waals surface area (Å²) in [6, 6.07) is 12.8. The number of ether oxygens (including phenoxy) is 2. The van der Waals surface area contributed by atoms with Gasteiger partial charge < -0.3 is 14.0 Å². The molecule has 0 radical (unpaired) electrons. The third-order valence-corrected chi connectivity index (χ3v) is 5.46. The van der Waals surface area contributed by atoms with Crippen molar-refractivity contribution in [3.8, 4) is 22.9 Å². The Morgan fingerprint density at radius 3 is 2.78 bits per heavy atom. The highest BCUT2D eigenvalue weighted by Crippen LogP contribution is 2.28. The molecule has 3 aromatic rings. The van der Waals surface area contributed by atoms with Crippen LogP contribution in [0.3, 0.4) is 0 Å². The minimum absolute atomic E-state index is 0.0377. The van der Waals surface area contributed by atoms with Crippen molar-refractivity contribution in [1.82, 2.24) is 20.2 Å². The van der Waals surface area contributed by atoms with Crippen LogP contribution in [-0.2, 0) is 11.8 Å². The summed E-state index contributed by atoms with van der Waals surface area (Å²) in [6.07, 6.45) is 1.58. The van der Waals surface area contributed by atoms with E-state index in [9.17, 15) is 4.79 Å². The maximum atomic E-state index is 12.2. The third-order valence-electron chi connectivity index (χ3n) is 4.20. The predicted molar refractivity (Wildman–Crippen MR) is 127 cm³/mol. The Labute approximate surface area is 196 Å². The molecule has 32 heavy (non-hydrogen) atoms. The van der Waals surface area contributed by atoms with Crippen LogP contribution in [0, 0.1) is 0 Å². The van der Waals surface area contributed by atoms with Gasteiger partial charge in [-0.15, -0.1) is 10.2 Å². The lowest BCUT2D eigenvalue weighted by Gasteiger charge is -2.13. The van der Waals surface area contributed by atoms with Gasteiger partial charge in [-0.25, -0.2) is 5.43 Å². The normalized spacial score (nSPS) is 11.2. The number of thioether (sulfide) groups is 1. The summed E-state index contributed by atoms with van der Waals surface area (Å²) < 4.78 is 12.9. The first-order valence-electron chi connectivity index (χ1n) is 9.82. The molecule has 0 spiro atoms. The van der Waals surface area contributed by atoms with Crippen LogP contribution in [0.15, 0.2) is 52.7 Å². The second kappa shape index (κ2) is 11.0. The molecule has 2 aromatic carbocycles. The number of rotatable bonds is 9. The van der Waals surface area contributed by atoms with Crippen molar-refractivity contribution in [2.75, 3.05) is 12.9 Å². The van der Waals surface area contributed by atoms with Gasteiger partial charge in [0.15, 0.2) is 22.5 Å². The number of carbonyl (C=O) groups is 1. The molecule has 0 saturated heterocycles. The number of nitrogens with one attached hydrogen (secondary N) is 1. The molecule has 8 nitrogen and oxygen atoms in total. The number of halogens is 1. The molecule has 0 fully saturated rings. The van der Waals surface area contributed by atoms with Gasteiger partial charge in [0.05, 0.1) is 25.2 Å². The van der Waals surface area contributed by atoms with Crippen molar-refractivity contribution < 1.29 is 14.3 Å². The van der Waals surface area contributed by atoms with E-state index < -0.39 is 0 Å². The van der Waals surface area contributed by atoms with Crippen LogP contribution in [0.25, 0.3) is 11.4 Å². The van der Waals surface area contributed by atoms with Gasteiger partial charge in [-0.1, -0.05) is 35.5 Å². The molecule has 3 rings (SSSR count). The van der Waals surface area contributed by atoms with E-state index in [1.807, 2.05) is 55.8 Å². The van der Waals surface area contributed by atoms with Gasteiger partial charge in [-0.05, 0) is 49.7 Å². The van der Waals surface area contributed by atoms with Gasteiger partial charge in [0.2, 0.25) is 0 Å². The van der Waals surface area contributed by atoms with Gasteiger partial charge in [0.1, 0.15) is 0 Å². The Bertz CT molecular complexity index is 1120. The van der Waals surface area contributed by atoms with Crippen LogP contribution in [0.1, 0.15) is 19.4 Å². The van der Waals surface area contributed by atoms with E-state index in [1.165, 1.54) is 11.8 Å². The van der Waals surface area contributed by atoms with Crippen LogP contribution >= 0.6 is 23.4 Å². The number of hydrazone groups is 1. The summed E-state index contributed by atoms with van der Waals surface area (Å²) in [5.41, 5.74) is 4.14. The van der Waals surface area contributed by atoms with Crippen LogP contribution in [0.4, 0.5) is 0 Å². The molecule has 0 aliphatic heterocycles. The zero-order valence-electron chi connectivity index (χ0n) is 18.2. The number of nitrogens with zero attached hydrogens (tertiary/aromatic N) is 4. The molecule has 0 bridgehead atoms. The topological polar surface area (TPSA) is 90.6 Å². The number of amides is 1. The fraction of sp³-hybridized carbons (Fsp3) is 0.273. The average Bonchev–Trinajstić information content (AvgIpc) is 3.13. The maximum absolute atomic E-state index is 12.2. The summed E-state index contributed by atoms with van der Waals surface area (Å²) in [6.45, 7) is 3.89. The molecule has 10 heteroatoms. The number of benzene rings is 2. The molecule has 0 aliphatic rings. The molecule has 0 saturated carbocycles. The first kappa shape index (κ1) is 23.6. The van der Waals surface area contributed by atoms with Gasteiger partial charge in [-0.2, -0.15) is 5.10 Å². The second-order valence-corrected chi connectivity index (χ2v) is 8.41. The Hall–Kier alpha value is -3.04. The standard InChI is InChI=1S/C22H24ClN5O3S/c1-14(2)31-18-9-8-15(10-19(18)30-4)12-24-25-20(29)13-32-22-27-26-21(28(22)3)16-6-5-7-17(23)11-16/h5-12,14H,13H2,1-4H3,(H,25,29)/b24-12+. The smallest absolute Gasteiger partial charge is 0.250 e. The average molecular weight is 474 g/mol. The molecular weight excluding hydrogens is 450 g/mol. The van der Waals surface area contributed by atoms with Crippen molar-refractivity contribution >= 4 is 35.5 Å². The Morgan fingerprint density at radius 1 is 1.25 bits per heavy atom. The minimum atomic E-state index is -0.259. The van der Waals surface area contributed by atoms with Gasteiger partial charge in [0.25, 0.3) is 5.91 Å². The van der Waals surface area contributed by atoms with Gasteiger partial charge in [-0.3, -0.25) is 4.79 Å². The maximum Gasteiger partial charge on any atom is 0.250 e. The lowest BCUT2D eigenvalue weighted by molar-refractivity contribution is -0.118. The van der Waals surface area contributed by atoms with E-state index in [1.54, 1.807) is 25.5 Å². The number of hydrogen-bond acceptors (Lipinski definition) is 7. The Balaban J connectivity index is 1.55. The van der Waals surface area contributed by atoms with Gasteiger partial charge in [0, 0.05) is 17.6 Å². The van der Waals surface area contributed by atoms with E-state index in [-0.39, 0.29) is 17.8 Å². The largest absolute Gasteiger partial charge is 0.493 e. The monoisotopic (exact) mass is 473 g/mol. The zero-order valence-corrected chi connectivity index (χ0v) is 19.8. The summed E-state index contributed by atoms with van der Waals surface area (Å²) >= 11 is 7.32. The van der Waals surface area contributed by atoms with E-state index >= 15 is 0 Å². The molecule has 0 aliphatic carbocycles. The van der Waals surface area contributed by atoms with Crippen molar-refractivity contribution in [2.24, 2.45) is 12.1 Å². The number of methoxy groups -OCH3 is 1. The summed E-state index contributed by atoms with van der Waals surface area (Å²) in [7, 11) is 3.42. The molecule has 0 atom stereocenters. The number of carbonyl (C=O) groups excluding carboxylic acids is 1. The van der Waals surface area contributed by atoms with Crippen LogP contribution < -0.4 is 14.9 Å². The molecule has 1 aromatic heterocycles. The van der Waals surface area contributed by atoms with E-state index in [4.69, 9.17) is 21.1 Å². The lowest BCUT2D eigenvalue weighted by atomic mass is 10.2. The highest BCUT2D eigenvalue weighted by molar-refractivity contribution is 7.99. The number of aromatic nitrogens is 3. The van der Waals surface area contributed by atoms with Crippen LogP contribution in [0.5, 0.6) is 11.5 Å². The summed E-state index contributed by atoms with van der Waals surface area (Å²) in [5.74, 6) is 1.81. The lowest BCUT2D eigenvalue weighted by Crippen LogP contribution is -2.19. The van der Waals surface area contributed by atoms with Crippen molar-refractivity contribution in [3.05, 3.63) is 53.1 Å². The Morgan fingerprint density at radius 2 is 2.06 bits per heavy atom. The quantitative estimate of drug-likeness (QED) is 0.285. The first-order chi connectivity index (χ1) is 15.4. The van der Waals surface area contributed by atoms with E-state index in [2.05, 4.69) is 20.7 Å². The molecule has 1 heterocycles. The van der Waals surface area contributed by atoms with E-state index in [0.717, 1.165) is 11.1 Å². The Kier molecular flexibility index (Phi) is 8.13. The second-order valence-electron chi connectivity index (χ2n) is 7.03. The predicted octanol–water partition coefficient (Wildman–Crippen LogP) is 4.17. The van der Waals surface area contributed by atoms with Crippen molar-refractivity contribution in [1.29, 1.82) is 0 Å². The highest BCUT2D eigenvalue weighted by Gasteiger charge is 2.13. The fourth-order valence-corrected chi connectivity index (χ4v) is 3.67. The third kappa shape index (κ3) is 6.24. The number of hydrogen-bond donors (Lipinski definition) is 1. The van der Waals surface area contributed by atoms with Crippen molar-refractivity contribution in [2.45, 2.75) is 25.1 Å².